The summed E-state index contributed by atoms with van der Waals surface area (Å²) in [6, 6.07) is 8.63. The fourth-order valence-corrected chi connectivity index (χ4v) is 3.72. The Bertz CT molecular complexity index is 1020. The van der Waals surface area contributed by atoms with Crippen LogP contribution in [0.25, 0.3) is 0 Å². The number of ketones is 1. The van der Waals surface area contributed by atoms with Crippen molar-refractivity contribution in [2.75, 3.05) is 48.5 Å². The van der Waals surface area contributed by atoms with Crippen LogP contribution in [0.4, 0.5) is 17.2 Å². The number of benzene rings is 1. The van der Waals surface area contributed by atoms with Crippen molar-refractivity contribution >= 4 is 34.8 Å². The third-order valence-electron chi connectivity index (χ3n) is 5.57. The third-order valence-corrected chi connectivity index (χ3v) is 5.57. The van der Waals surface area contributed by atoms with Crippen LogP contribution in [0, 0.1) is 0 Å². The van der Waals surface area contributed by atoms with Gasteiger partial charge in [-0.2, -0.15) is 0 Å². The first-order valence-corrected chi connectivity index (χ1v) is 10.6. The number of aromatic nitrogens is 1. The molecule has 1 unspecified atom stereocenters. The smallest absolute Gasteiger partial charge is 0.267 e. The summed E-state index contributed by atoms with van der Waals surface area (Å²) in [5, 5.41) is 2.78. The molecule has 0 bridgehead atoms. The maximum Gasteiger partial charge on any atom is 0.267 e. The summed E-state index contributed by atoms with van der Waals surface area (Å²) in [6.45, 7) is 4.62. The standard InChI is InChI=1S/C23H26N4O5/c1-15-23(30)26(2)18-13-16(3-6-20(18)32-15)19(28)5-8-22(29)25-17-4-7-21(24-14-17)27-9-11-31-12-10-27/h3-4,6-7,13-15H,5,8-12H2,1-2H3,(H,25,29). The monoisotopic (exact) mass is 438 g/mol. The van der Waals surface area contributed by atoms with Gasteiger partial charge in [-0.25, -0.2) is 4.98 Å². The zero-order chi connectivity index (χ0) is 22.7. The van der Waals surface area contributed by atoms with Crippen molar-refractivity contribution in [3.05, 3.63) is 42.1 Å². The molecule has 9 heteroatoms. The number of anilines is 3. The van der Waals surface area contributed by atoms with Crippen molar-refractivity contribution in [3.8, 4) is 5.75 Å². The number of hydrogen-bond donors (Lipinski definition) is 1. The zero-order valence-corrected chi connectivity index (χ0v) is 18.2. The molecule has 1 aromatic heterocycles. The van der Waals surface area contributed by atoms with Gasteiger partial charge in [0.2, 0.25) is 5.91 Å². The molecule has 0 radical (unpaired) electrons. The molecule has 0 aliphatic carbocycles. The summed E-state index contributed by atoms with van der Waals surface area (Å²) in [6.07, 6.45) is 1.15. The highest BCUT2D eigenvalue weighted by Crippen LogP contribution is 2.34. The average Bonchev–Trinajstić information content (AvgIpc) is 2.82. The number of nitrogens with one attached hydrogen (secondary N) is 1. The third kappa shape index (κ3) is 4.72. The Hall–Kier alpha value is -3.46. The molecule has 4 rings (SSSR count). The minimum atomic E-state index is -0.560. The highest BCUT2D eigenvalue weighted by Gasteiger charge is 2.29. The SMILES string of the molecule is CC1Oc2ccc(C(=O)CCC(=O)Nc3ccc(N4CCOCC4)nc3)cc2N(C)C1=O. The predicted octanol–water partition coefficient (Wildman–Crippen LogP) is 2.26. The van der Waals surface area contributed by atoms with Crippen LogP contribution in [0.1, 0.15) is 30.1 Å². The van der Waals surface area contributed by atoms with E-state index >= 15 is 0 Å². The molecule has 2 amide bonds. The predicted molar refractivity (Wildman–Crippen MR) is 119 cm³/mol. The molecule has 168 valence electrons. The first kappa shape index (κ1) is 21.8. The molecule has 2 aromatic rings. The van der Waals surface area contributed by atoms with Crippen molar-refractivity contribution in [1.29, 1.82) is 0 Å². The largest absolute Gasteiger partial charge is 0.479 e. The highest BCUT2D eigenvalue weighted by atomic mass is 16.5. The maximum absolute atomic E-state index is 12.6. The quantitative estimate of drug-likeness (QED) is 0.691. The summed E-state index contributed by atoms with van der Waals surface area (Å²) < 4.78 is 10.9. The second kappa shape index (κ2) is 9.35. The van der Waals surface area contributed by atoms with Crippen LogP contribution in [-0.2, 0) is 14.3 Å². The van der Waals surface area contributed by atoms with Gasteiger partial charge in [-0.1, -0.05) is 0 Å². The van der Waals surface area contributed by atoms with E-state index in [2.05, 4.69) is 15.2 Å². The second-order valence-electron chi connectivity index (χ2n) is 7.82. The number of rotatable bonds is 6. The van der Waals surface area contributed by atoms with Crippen LogP contribution in [0.15, 0.2) is 36.5 Å². The summed E-state index contributed by atoms with van der Waals surface area (Å²) >= 11 is 0. The number of pyridine rings is 1. The molecule has 2 aliphatic heterocycles. The van der Waals surface area contributed by atoms with Crippen LogP contribution >= 0.6 is 0 Å². The molecule has 2 aliphatic rings. The van der Waals surface area contributed by atoms with E-state index in [0.29, 0.717) is 35.9 Å². The van der Waals surface area contributed by atoms with E-state index in [1.807, 2.05) is 6.07 Å². The Morgan fingerprint density at radius 3 is 2.66 bits per heavy atom. The number of carbonyl (C=O) groups excluding carboxylic acids is 3. The van der Waals surface area contributed by atoms with Crippen molar-refractivity contribution in [3.63, 3.8) is 0 Å². The molecule has 1 saturated heterocycles. The lowest BCUT2D eigenvalue weighted by Gasteiger charge is -2.30. The Morgan fingerprint density at radius 1 is 1.16 bits per heavy atom. The highest BCUT2D eigenvalue weighted by molar-refractivity contribution is 6.04. The number of Topliss-reactive ketones (excluding diaryl/α,β-unsaturated/α-hetero) is 1. The van der Waals surface area contributed by atoms with E-state index in [-0.39, 0.29) is 30.4 Å². The van der Waals surface area contributed by atoms with E-state index in [9.17, 15) is 14.4 Å². The molecule has 9 nitrogen and oxygen atoms in total. The second-order valence-corrected chi connectivity index (χ2v) is 7.82. The van der Waals surface area contributed by atoms with Crippen LogP contribution in [0.3, 0.4) is 0 Å². The summed E-state index contributed by atoms with van der Waals surface area (Å²) in [5.41, 5.74) is 1.57. The number of likely N-dealkylation sites (N-methyl/N-ethyl adjacent to an activating group) is 1. The lowest BCUT2D eigenvalue weighted by molar-refractivity contribution is -0.125. The lowest BCUT2D eigenvalue weighted by Crippen LogP contribution is -2.42. The zero-order valence-electron chi connectivity index (χ0n) is 18.2. The fourth-order valence-electron chi connectivity index (χ4n) is 3.72. The van der Waals surface area contributed by atoms with Gasteiger partial charge in [0.05, 0.1) is 30.8 Å². The molecular formula is C23H26N4O5. The topological polar surface area (TPSA) is 101 Å². The van der Waals surface area contributed by atoms with Gasteiger partial charge in [0, 0.05) is 38.5 Å². The van der Waals surface area contributed by atoms with Crippen LogP contribution in [0.5, 0.6) is 5.75 Å². The summed E-state index contributed by atoms with van der Waals surface area (Å²) in [5.74, 6) is 0.789. The average molecular weight is 438 g/mol. The van der Waals surface area contributed by atoms with Crippen LogP contribution < -0.4 is 19.9 Å². The molecule has 32 heavy (non-hydrogen) atoms. The van der Waals surface area contributed by atoms with Gasteiger partial charge in [0.15, 0.2) is 11.9 Å². The number of hydrogen-bond acceptors (Lipinski definition) is 7. The van der Waals surface area contributed by atoms with Gasteiger partial charge in [-0.15, -0.1) is 0 Å². The molecule has 1 aromatic carbocycles. The minimum absolute atomic E-state index is 0.0451. The van der Waals surface area contributed by atoms with Gasteiger partial charge in [-0.05, 0) is 37.3 Å². The summed E-state index contributed by atoms with van der Waals surface area (Å²) in [4.78, 5) is 45.1. The Balaban J connectivity index is 1.31. The molecule has 1 N–H and O–H groups in total. The van der Waals surface area contributed by atoms with Crippen molar-refractivity contribution in [2.45, 2.75) is 25.9 Å². The fraction of sp³-hybridized carbons (Fsp3) is 0.391. The molecule has 1 atom stereocenters. The lowest BCUT2D eigenvalue weighted by atomic mass is 10.0. The van der Waals surface area contributed by atoms with Crippen LogP contribution in [0.2, 0.25) is 0 Å². The Morgan fingerprint density at radius 2 is 1.94 bits per heavy atom. The van der Waals surface area contributed by atoms with Gasteiger partial charge < -0.3 is 24.6 Å². The van der Waals surface area contributed by atoms with Gasteiger partial charge >= 0.3 is 0 Å². The van der Waals surface area contributed by atoms with Crippen molar-refractivity contribution in [1.82, 2.24) is 4.98 Å². The van der Waals surface area contributed by atoms with E-state index < -0.39 is 6.10 Å². The van der Waals surface area contributed by atoms with Gasteiger partial charge in [0.25, 0.3) is 5.91 Å². The van der Waals surface area contributed by atoms with Crippen molar-refractivity contribution < 1.29 is 23.9 Å². The van der Waals surface area contributed by atoms with Gasteiger partial charge in [0.1, 0.15) is 11.6 Å². The molecule has 0 spiro atoms. The number of ether oxygens (including phenoxy) is 2. The Kier molecular flexibility index (Phi) is 6.36. The van der Waals surface area contributed by atoms with E-state index in [4.69, 9.17) is 9.47 Å². The van der Waals surface area contributed by atoms with Crippen LogP contribution in [-0.4, -0.2) is 62.0 Å². The number of amides is 2. The molecule has 3 heterocycles. The normalized spacial score (nSPS) is 18.1. The summed E-state index contributed by atoms with van der Waals surface area (Å²) in [7, 11) is 1.65. The number of nitrogens with zero attached hydrogens (tertiary/aromatic N) is 3. The minimum Gasteiger partial charge on any atom is -0.479 e. The molecule has 0 saturated carbocycles. The number of morpholine rings is 1. The first-order chi connectivity index (χ1) is 15.4. The first-order valence-electron chi connectivity index (χ1n) is 10.6. The number of fused-ring (bicyclic) bond motifs is 1. The number of carbonyl (C=O) groups is 3. The molecule has 1 fully saturated rings. The van der Waals surface area contributed by atoms with E-state index in [1.165, 1.54) is 4.90 Å². The van der Waals surface area contributed by atoms with E-state index in [0.717, 1.165) is 18.9 Å². The Labute approximate surface area is 186 Å². The molecular weight excluding hydrogens is 412 g/mol. The maximum atomic E-state index is 12.6. The van der Waals surface area contributed by atoms with Crippen molar-refractivity contribution in [2.24, 2.45) is 0 Å². The van der Waals surface area contributed by atoms with E-state index in [1.54, 1.807) is 44.4 Å². The van der Waals surface area contributed by atoms with Gasteiger partial charge in [-0.3, -0.25) is 14.4 Å².